The highest BCUT2D eigenvalue weighted by molar-refractivity contribution is 5.67. The third-order valence-electron chi connectivity index (χ3n) is 3.12. The Bertz CT molecular complexity index is 622. The molecule has 1 fully saturated rings. The fourth-order valence-corrected chi connectivity index (χ4v) is 1.74. The molecule has 0 aliphatic carbocycles. The largest absolute Gasteiger partial charge is 0.439 e. The molecule has 1 rings (SSSR count). The van der Waals surface area contributed by atoms with E-state index in [1.54, 1.807) is 4.74 Å². The molecule has 172 valence electrons. The van der Waals surface area contributed by atoms with Crippen LogP contribution in [0.2, 0.25) is 0 Å². The summed E-state index contributed by atoms with van der Waals surface area (Å²) < 4.78 is 201. The molecule has 0 bridgehead atoms. The van der Waals surface area contributed by atoms with Crippen LogP contribution in [0.1, 0.15) is 6.42 Å². The van der Waals surface area contributed by atoms with Gasteiger partial charge in [0.25, 0.3) is 0 Å². The van der Waals surface area contributed by atoms with Crippen LogP contribution in [0.3, 0.4) is 0 Å². The molecule has 19 heteroatoms. The number of halogens is 15. The van der Waals surface area contributed by atoms with Gasteiger partial charge in [0.2, 0.25) is 0 Å². The molecule has 0 unspecified atom stereocenters. The first kappa shape index (κ1) is 25.5. The summed E-state index contributed by atoms with van der Waals surface area (Å²) in [4.78, 5) is 5.69. The van der Waals surface area contributed by atoms with Crippen LogP contribution in [-0.4, -0.2) is 59.9 Å². The molecule has 0 aromatic carbocycles. The Morgan fingerprint density at radius 1 is 0.828 bits per heavy atom. The van der Waals surface area contributed by atoms with Gasteiger partial charge in [-0.05, 0) is 0 Å². The van der Waals surface area contributed by atoms with Crippen LogP contribution in [-0.2, 0) is 14.3 Å². The SMILES string of the molecule is O=C(F)CCOC(F)(F)C(F)(F)C(F)(F)N1C(F)(F)C(F)(F)OC(F)(F)C1(F)F. The second-order valence-electron chi connectivity index (χ2n) is 5.14. The number of carbonyl (C=O) groups is 1. The van der Waals surface area contributed by atoms with Crippen LogP contribution in [0.25, 0.3) is 0 Å². The predicted octanol–water partition coefficient (Wildman–Crippen LogP) is 4.41. The van der Waals surface area contributed by atoms with Crippen molar-refractivity contribution in [1.29, 1.82) is 0 Å². The number of hydrogen-bond acceptors (Lipinski definition) is 4. The van der Waals surface area contributed by atoms with E-state index in [2.05, 4.69) is 4.74 Å². The van der Waals surface area contributed by atoms with Crippen molar-refractivity contribution in [2.24, 2.45) is 0 Å². The summed E-state index contributed by atoms with van der Waals surface area (Å²) in [6, 6.07) is -25.2. The van der Waals surface area contributed by atoms with Crippen molar-refractivity contribution in [1.82, 2.24) is 4.90 Å². The highest BCUT2D eigenvalue weighted by Gasteiger charge is 2.92. The van der Waals surface area contributed by atoms with Gasteiger partial charge in [0.05, 0.1) is 13.0 Å². The quantitative estimate of drug-likeness (QED) is 0.314. The number of ether oxygens (including phenoxy) is 2. The lowest BCUT2D eigenvalue weighted by Crippen LogP contribution is -2.81. The molecule has 1 aliphatic heterocycles. The molecule has 0 atom stereocenters. The lowest BCUT2D eigenvalue weighted by atomic mass is 10.1. The average molecular weight is 471 g/mol. The molecule has 1 heterocycles. The highest BCUT2D eigenvalue weighted by Crippen LogP contribution is 2.62. The fraction of sp³-hybridized carbons (Fsp3) is 0.900. The molecule has 0 radical (unpaired) electrons. The third-order valence-corrected chi connectivity index (χ3v) is 3.12. The molecule has 1 saturated heterocycles. The van der Waals surface area contributed by atoms with E-state index in [0.29, 0.717) is 0 Å². The zero-order valence-electron chi connectivity index (χ0n) is 12.8. The second kappa shape index (κ2) is 6.76. The van der Waals surface area contributed by atoms with Crippen LogP contribution in [0.5, 0.6) is 0 Å². The van der Waals surface area contributed by atoms with Crippen LogP contribution in [0.15, 0.2) is 0 Å². The summed E-state index contributed by atoms with van der Waals surface area (Å²) in [5.41, 5.74) is 0. The van der Waals surface area contributed by atoms with E-state index in [1.807, 2.05) is 0 Å². The zero-order valence-corrected chi connectivity index (χ0v) is 12.8. The lowest BCUT2D eigenvalue weighted by molar-refractivity contribution is -0.599. The van der Waals surface area contributed by atoms with Crippen LogP contribution in [0, 0.1) is 0 Å². The summed E-state index contributed by atoms with van der Waals surface area (Å²) in [5, 5.41) is 0. The number of rotatable bonds is 7. The Morgan fingerprint density at radius 2 is 1.21 bits per heavy atom. The third kappa shape index (κ3) is 3.71. The van der Waals surface area contributed by atoms with E-state index in [9.17, 15) is 70.7 Å². The van der Waals surface area contributed by atoms with Crippen LogP contribution >= 0.6 is 0 Å². The Morgan fingerprint density at radius 3 is 1.55 bits per heavy atom. The van der Waals surface area contributed by atoms with Crippen molar-refractivity contribution in [2.75, 3.05) is 6.61 Å². The van der Waals surface area contributed by atoms with Crippen LogP contribution in [0.4, 0.5) is 65.9 Å². The first-order valence-electron chi connectivity index (χ1n) is 6.46. The maximum atomic E-state index is 13.6. The van der Waals surface area contributed by atoms with Crippen molar-refractivity contribution in [3.8, 4) is 0 Å². The normalized spacial score (nSPS) is 24.4. The molecule has 4 nitrogen and oxygen atoms in total. The Hall–Kier alpha value is -1.50. The summed E-state index contributed by atoms with van der Waals surface area (Å²) in [6.07, 6.45) is -22.7. The minimum Gasteiger partial charge on any atom is -0.315 e. The van der Waals surface area contributed by atoms with E-state index in [0.717, 1.165) is 0 Å². The second-order valence-corrected chi connectivity index (χ2v) is 5.14. The Labute approximate surface area is 148 Å². The van der Waals surface area contributed by atoms with Crippen LogP contribution < -0.4 is 0 Å². The number of carbonyl (C=O) groups excluding carboxylic acids is 1. The molecule has 0 saturated carbocycles. The van der Waals surface area contributed by atoms with Gasteiger partial charge in [-0.25, -0.2) is 4.74 Å². The van der Waals surface area contributed by atoms with Crippen molar-refractivity contribution in [2.45, 2.75) is 48.8 Å². The van der Waals surface area contributed by atoms with Gasteiger partial charge in [0.1, 0.15) is 0 Å². The molecule has 0 amide bonds. The smallest absolute Gasteiger partial charge is 0.315 e. The molecular weight excluding hydrogens is 467 g/mol. The van der Waals surface area contributed by atoms with Gasteiger partial charge in [-0.3, -0.25) is 4.79 Å². The molecular formula is C10H4F15NO3. The van der Waals surface area contributed by atoms with E-state index in [4.69, 9.17) is 0 Å². The number of alkyl halides is 14. The van der Waals surface area contributed by atoms with Gasteiger partial charge in [-0.1, -0.05) is 4.90 Å². The molecule has 0 aromatic heterocycles. The predicted molar refractivity (Wildman–Crippen MR) is 54.2 cm³/mol. The van der Waals surface area contributed by atoms with Crippen molar-refractivity contribution in [3.05, 3.63) is 0 Å². The Kier molecular flexibility index (Phi) is 5.95. The van der Waals surface area contributed by atoms with Crippen molar-refractivity contribution < 1.29 is 80.1 Å². The highest BCUT2D eigenvalue weighted by atomic mass is 19.4. The standard InChI is InChI=1S/C10H4F15NO3/c11-3(27)1-2-28-8(20,21)4(12,13)5(14,15)26-6(16,17)9(22,23)29-10(24,25)7(26,18)19/h1-2H2. The molecule has 29 heavy (non-hydrogen) atoms. The minimum atomic E-state index is -7.88. The fourth-order valence-electron chi connectivity index (χ4n) is 1.74. The average Bonchev–Trinajstić information content (AvgIpc) is 2.42. The molecule has 1 aliphatic rings. The van der Waals surface area contributed by atoms with Gasteiger partial charge in [-0.2, -0.15) is 65.9 Å². The van der Waals surface area contributed by atoms with Crippen molar-refractivity contribution in [3.63, 3.8) is 0 Å². The first-order chi connectivity index (χ1) is 12.5. The summed E-state index contributed by atoms with van der Waals surface area (Å²) in [6.45, 7) is -2.16. The topological polar surface area (TPSA) is 38.8 Å². The molecule has 0 spiro atoms. The molecule has 0 N–H and O–H groups in total. The number of nitrogens with zero attached hydrogens (tertiary/aromatic N) is 1. The lowest BCUT2D eigenvalue weighted by Gasteiger charge is -2.50. The van der Waals surface area contributed by atoms with Gasteiger partial charge in [0, 0.05) is 0 Å². The first-order valence-corrected chi connectivity index (χ1v) is 6.46. The molecule has 0 aromatic rings. The maximum Gasteiger partial charge on any atom is 0.439 e. The monoisotopic (exact) mass is 471 g/mol. The zero-order chi connectivity index (χ0) is 23.5. The van der Waals surface area contributed by atoms with Gasteiger partial charge in [0.15, 0.2) is 0 Å². The van der Waals surface area contributed by atoms with E-state index < -0.39 is 66.4 Å². The van der Waals surface area contributed by atoms with Gasteiger partial charge < -0.3 is 4.74 Å². The van der Waals surface area contributed by atoms with E-state index in [1.165, 1.54) is 0 Å². The van der Waals surface area contributed by atoms with Gasteiger partial charge in [-0.15, -0.1) is 0 Å². The van der Waals surface area contributed by atoms with E-state index in [-0.39, 0.29) is 0 Å². The maximum absolute atomic E-state index is 13.6. The summed E-state index contributed by atoms with van der Waals surface area (Å²) >= 11 is 0. The summed E-state index contributed by atoms with van der Waals surface area (Å²) in [7, 11) is 0. The Balaban J connectivity index is 3.54. The number of hydrogen-bond donors (Lipinski definition) is 0. The van der Waals surface area contributed by atoms with Crippen molar-refractivity contribution >= 4 is 6.04 Å². The van der Waals surface area contributed by atoms with Gasteiger partial charge >= 0.3 is 48.4 Å². The van der Waals surface area contributed by atoms with E-state index >= 15 is 0 Å². The minimum absolute atomic E-state index is 1.72. The summed E-state index contributed by atoms with van der Waals surface area (Å²) in [5.74, 6) is -7.64. The number of morpholine rings is 1.